The number of nitrogens with zero attached hydrogens (tertiary/aromatic N) is 4. The lowest BCUT2D eigenvalue weighted by atomic mass is 9.86. The van der Waals surface area contributed by atoms with Crippen LogP contribution in [-0.2, 0) is 6.54 Å². The van der Waals surface area contributed by atoms with Crippen LogP contribution in [0.2, 0.25) is 0 Å². The standard InChI is InChI=1S/C14H19N5/c1-2-18-14(11-16)6-3-4-12(14)5-8-19-9-7-17-13(19)10-15/h7,9,12,18H,2-6,8H2,1H3. The smallest absolute Gasteiger partial charge is 0.212 e. The first-order valence-electron chi connectivity index (χ1n) is 6.83. The van der Waals surface area contributed by atoms with Crippen LogP contribution in [0.4, 0.5) is 0 Å². The minimum atomic E-state index is -0.373. The van der Waals surface area contributed by atoms with Crippen LogP contribution in [0.5, 0.6) is 0 Å². The van der Waals surface area contributed by atoms with E-state index in [0.717, 1.165) is 38.8 Å². The van der Waals surface area contributed by atoms with Crippen molar-refractivity contribution in [2.75, 3.05) is 6.54 Å². The summed E-state index contributed by atoms with van der Waals surface area (Å²) in [4.78, 5) is 3.99. The second-order valence-electron chi connectivity index (χ2n) is 5.05. The Morgan fingerprint density at radius 1 is 1.58 bits per heavy atom. The first kappa shape index (κ1) is 13.6. The molecule has 1 aromatic rings. The van der Waals surface area contributed by atoms with Gasteiger partial charge in [0.2, 0.25) is 5.82 Å². The Hall–Kier alpha value is -1.85. The van der Waals surface area contributed by atoms with Crippen molar-refractivity contribution in [2.24, 2.45) is 5.92 Å². The Morgan fingerprint density at radius 3 is 3.11 bits per heavy atom. The number of nitrogens with one attached hydrogen (secondary N) is 1. The quantitative estimate of drug-likeness (QED) is 0.872. The minimum absolute atomic E-state index is 0.353. The van der Waals surface area contributed by atoms with Crippen molar-refractivity contribution in [3.05, 3.63) is 18.2 Å². The van der Waals surface area contributed by atoms with E-state index in [9.17, 15) is 5.26 Å². The highest BCUT2D eigenvalue weighted by Crippen LogP contribution is 2.37. The predicted molar refractivity (Wildman–Crippen MR) is 70.9 cm³/mol. The molecule has 0 aliphatic heterocycles. The topological polar surface area (TPSA) is 77.4 Å². The van der Waals surface area contributed by atoms with Crippen LogP contribution in [-0.4, -0.2) is 21.6 Å². The van der Waals surface area contributed by atoms with Crippen LogP contribution in [0.3, 0.4) is 0 Å². The van der Waals surface area contributed by atoms with Gasteiger partial charge in [0.15, 0.2) is 0 Å². The molecule has 100 valence electrons. The van der Waals surface area contributed by atoms with Crippen molar-refractivity contribution < 1.29 is 0 Å². The zero-order chi connectivity index (χ0) is 13.7. The molecule has 19 heavy (non-hydrogen) atoms. The van der Waals surface area contributed by atoms with Gasteiger partial charge in [0, 0.05) is 18.9 Å². The predicted octanol–water partition coefficient (Wildman–Crippen LogP) is 1.82. The van der Waals surface area contributed by atoms with E-state index in [0.29, 0.717) is 11.7 Å². The zero-order valence-electron chi connectivity index (χ0n) is 11.3. The molecule has 1 fully saturated rings. The molecule has 0 saturated heterocycles. The molecule has 2 atom stereocenters. The molecule has 0 amide bonds. The summed E-state index contributed by atoms with van der Waals surface area (Å²) in [6, 6.07) is 4.57. The third kappa shape index (κ3) is 2.62. The van der Waals surface area contributed by atoms with Gasteiger partial charge in [0.1, 0.15) is 11.6 Å². The van der Waals surface area contributed by atoms with E-state index in [1.807, 2.05) is 17.7 Å². The Morgan fingerprint density at radius 2 is 2.42 bits per heavy atom. The van der Waals surface area contributed by atoms with Crippen molar-refractivity contribution >= 4 is 0 Å². The van der Waals surface area contributed by atoms with Gasteiger partial charge in [0.25, 0.3) is 0 Å². The summed E-state index contributed by atoms with van der Waals surface area (Å²) in [5, 5.41) is 21.8. The first-order valence-corrected chi connectivity index (χ1v) is 6.83. The summed E-state index contributed by atoms with van der Waals surface area (Å²) < 4.78 is 1.87. The number of nitriles is 2. The van der Waals surface area contributed by atoms with Crippen LogP contribution in [0.1, 0.15) is 38.4 Å². The molecule has 1 heterocycles. The van der Waals surface area contributed by atoms with Crippen LogP contribution in [0.15, 0.2) is 12.4 Å². The van der Waals surface area contributed by atoms with Crippen molar-refractivity contribution in [1.82, 2.24) is 14.9 Å². The fourth-order valence-electron chi connectivity index (χ4n) is 3.10. The third-order valence-electron chi connectivity index (χ3n) is 4.05. The van der Waals surface area contributed by atoms with Crippen LogP contribution < -0.4 is 5.32 Å². The monoisotopic (exact) mass is 257 g/mol. The van der Waals surface area contributed by atoms with E-state index in [1.165, 1.54) is 0 Å². The first-order chi connectivity index (χ1) is 9.25. The minimum Gasteiger partial charge on any atom is -0.323 e. The summed E-state index contributed by atoms with van der Waals surface area (Å²) in [5.74, 6) is 0.801. The van der Waals surface area contributed by atoms with E-state index in [2.05, 4.69) is 22.4 Å². The molecule has 2 rings (SSSR count). The molecule has 0 aromatic carbocycles. The molecule has 0 radical (unpaired) electrons. The normalized spacial score (nSPS) is 25.9. The van der Waals surface area contributed by atoms with Gasteiger partial charge in [-0.2, -0.15) is 10.5 Å². The average Bonchev–Trinajstić information content (AvgIpc) is 3.03. The van der Waals surface area contributed by atoms with Gasteiger partial charge in [-0.1, -0.05) is 13.3 Å². The molecule has 1 aliphatic carbocycles. The lowest BCUT2D eigenvalue weighted by molar-refractivity contribution is 0.295. The van der Waals surface area contributed by atoms with Gasteiger partial charge in [0.05, 0.1) is 6.07 Å². The molecule has 2 unspecified atom stereocenters. The molecule has 5 heteroatoms. The van der Waals surface area contributed by atoms with E-state index in [4.69, 9.17) is 5.26 Å². The molecular formula is C14H19N5. The number of aryl methyl sites for hydroxylation is 1. The summed E-state index contributed by atoms with van der Waals surface area (Å²) in [6.45, 7) is 3.61. The average molecular weight is 257 g/mol. The fraction of sp³-hybridized carbons (Fsp3) is 0.643. The van der Waals surface area contributed by atoms with Gasteiger partial charge in [-0.15, -0.1) is 0 Å². The van der Waals surface area contributed by atoms with Crippen molar-refractivity contribution in [1.29, 1.82) is 10.5 Å². The summed E-state index contributed by atoms with van der Waals surface area (Å²) >= 11 is 0. The Labute approximate surface area is 113 Å². The molecular weight excluding hydrogens is 238 g/mol. The van der Waals surface area contributed by atoms with Crippen molar-refractivity contribution in [3.63, 3.8) is 0 Å². The Kier molecular flexibility index (Phi) is 4.19. The third-order valence-corrected chi connectivity index (χ3v) is 4.05. The number of rotatable bonds is 5. The van der Waals surface area contributed by atoms with Crippen molar-refractivity contribution in [2.45, 2.75) is 44.7 Å². The second-order valence-corrected chi connectivity index (χ2v) is 5.05. The number of hydrogen-bond donors (Lipinski definition) is 1. The highest BCUT2D eigenvalue weighted by atomic mass is 15.1. The highest BCUT2D eigenvalue weighted by Gasteiger charge is 2.42. The molecule has 0 spiro atoms. The maximum absolute atomic E-state index is 9.49. The maximum atomic E-state index is 9.49. The SMILES string of the molecule is CCNC1(C#N)CCCC1CCn1ccnc1C#N. The lowest BCUT2D eigenvalue weighted by Gasteiger charge is -2.29. The second kappa shape index (κ2) is 5.86. The van der Waals surface area contributed by atoms with Gasteiger partial charge < -0.3 is 4.57 Å². The van der Waals surface area contributed by atoms with Crippen LogP contribution in [0.25, 0.3) is 0 Å². The van der Waals surface area contributed by atoms with E-state index in [1.54, 1.807) is 6.20 Å². The van der Waals surface area contributed by atoms with Crippen LogP contribution >= 0.6 is 0 Å². The highest BCUT2D eigenvalue weighted by molar-refractivity contribution is 5.15. The number of aromatic nitrogens is 2. The van der Waals surface area contributed by atoms with Crippen molar-refractivity contribution in [3.8, 4) is 12.1 Å². The summed E-state index contributed by atoms with van der Waals surface area (Å²) in [7, 11) is 0. The summed E-state index contributed by atoms with van der Waals surface area (Å²) in [6.07, 6.45) is 7.49. The largest absolute Gasteiger partial charge is 0.323 e. The molecule has 0 bridgehead atoms. The Balaban J connectivity index is 2.03. The van der Waals surface area contributed by atoms with Gasteiger partial charge in [-0.25, -0.2) is 4.98 Å². The molecule has 1 aliphatic rings. The zero-order valence-corrected chi connectivity index (χ0v) is 11.3. The molecule has 1 saturated carbocycles. The Bertz CT molecular complexity index is 507. The molecule has 5 nitrogen and oxygen atoms in total. The van der Waals surface area contributed by atoms with Crippen LogP contribution in [0, 0.1) is 28.6 Å². The molecule has 1 N–H and O–H groups in total. The lowest BCUT2D eigenvalue weighted by Crippen LogP contribution is -2.47. The van der Waals surface area contributed by atoms with Gasteiger partial charge in [-0.3, -0.25) is 5.32 Å². The maximum Gasteiger partial charge on any atom is 0.212 e. The fourth-order valence-corrected chi connectivity index (χ4v) is 3.10. The van der Waals surface area contributed by atoms with E-state index < -0.39 is 0 Å². The van der Waals surface area contributed by atoms with Gasteiger partial charge in [-0.05, 0) is 31.7 Å². The number of imidazole rings is 1. The number of hydrogen-bond acceptors (Lipinski definition) is 4. The van der Waals surface area contributed by atoms with Gasteiger partial charge >= 0.3 is 0 Å². The van der Waals surface area contributed by atoms with E-state index in [-0.39, 0.29) is 5.54 Å². The summed E-state index contributed by atoms with van der Waals surface area (Å²) in [5.41, 5.74) is -0.373. The molecule has 1 aromatic heterocycles. The van der Waals surface area contributed by atoms with E-state index >= 15 is 0 Å².